The molecule has 0 amide bonds. The Morgan fingerprint density at radius 2 is 2.19 bits per heavy atom. The van der Waals surface area contributed by atoms with E-state index in [0.29, 0.717) is 0 Å². The van der Waals surface area contributed by atoms with Crippen molar-refractivity contribution in [3.05, 3.63) is 36.5 Å². The lowest BCUT2D eigenvalue weighted by molar-refractivity contribution is 0.515. The molecule has 0 aromatic carbocycles. The number of hydrogen-bond donors (Lipinski definition) is 0. The van der Waals surface area contributed by atoms with Crippen LogP contribution in [0.25, 0.3) is 0 Å². The molecule has 1 nitrogen and oxygen atoms in total. The van der Waals surface area contributed by atoms with E-state index < -0.39 is 0 Å². The summed E-state index contributed by atoms with van der Waals surface area (Å²) in [7, 11) is 0. The fourth-order valence-electron chi connectivity index (χ4n) is 2.18. The van der Waals surface area contributed by atoms with E-state index in [1.165, 1.54) is 42.7 Å². The summed E-state index contributed by atoms with van der Waals surface area (Å²) in [6, 6.07) is 4.18. The number of pyridine rings is 1. The summed E-state index contributed by atoms with van der Waals surface area (Å²) >= 11 is 1.97. The Labute approximate surface area is 102 Å². The molecule has 0 unspecified atom stereocenters. The topological polar surface area (TPSA) is 12.9 Å². The van der Waals surface area contributed by atoms with Crippen LogP contribution >= 0.6 is 11.8 Å². The van der Waals surface area contributed by atoms with Crippen LogP contribution in [-0.2, 0) is 6.42 Å². The summed E-state index contributed by atoms with van der Waals surface area (Å²) in [5, 5.41) is 2.00. The number of allylic oxidation sites excluding steroid dienone is 1. The summed E-state index contributed by atoms with van der Waals surface area (Å²) in [4.78, 5) is 4.51. The highest BCUT2D eigenvalue weighted by molar-refractivity contribution is 7.99. The molecule has 1 aliphatic rings. The number of aromatic nitrogens is 1. The Morgan fingerprint density at radius 1 is 1.38 bits per heavy atom. The van der Waals surface area contributed by atoms with Gasteiger partial charge in [-0.2, -0.15) is 0 Å². The fraction of sp³-hybridized carbons (Fsp3) is 0.500. The van der Waals surface area contributed by atoms with Gasteiger partial charge < -0.3 is 0 Å². The van der Waals surface area contributed by atoms with Crippen molar-refractivity contribution in [3.63, 3.8) is 0 Å². The molecular weight excluding hydrogens is 214 g/mol. The summed E-state index contributed by atoms with van der Waals surface area (Å²) in [5.74, 6) is 0. The van der Waals surface area contributed by atoms with E-state index in [9.17, 15) is 0 Å². The average molecular weight is 233 g/mol. The van der Waals surface area contributed by atoms with Gasteiger partial charge in [-0.05, 0) is 30.9 Å². The minimum Gasteiger partial charge on any atom is -0.250 e. The smallest absolute Gasteiger partial charge is 0.0997 e. The lowest BCUT2D eigenvalue weighted by Gasteiger charge is -2.21. The zero-order valence-corrected chi connectivity index (χ0v) is 10.5. The lowest BCUT2D eigenvalue weighted by atomic mass is 10.0. The van der Waals surface area contributed by atoms with E-state index >= 15 is 0 Å². The van der Waals surface area contributed by atoms with Crippen molar-refractivity contribution in [2.45, 2.75) is 48.8 Å². The first-order chi connectivity index (χ1) is 7.90. The van der Waals surface area contributed by atoms with Crippen LogP contribution in [0.15, 0.2) is 36.0 Å². The van der Waals surface area contributed by atoms with Crippen LogP contribution in [0.1, 0.15) is 37.7 Å². The van der Waals surface area contributed by atoms with Crippen LogP contribution in [0, 0.1) is 0 Å². The molecule has 2 rings (SSSR count). The lowest BCUT2D eigenvalue weighted by Crippen LogP contribution is -2.08. The molecule has 0 saturated heterocycles. The van der Waals surface area contributed by atoms with Crippen molar-refractivity contribution in [1.82, 2.24) is 4.98 Å². The summed E-state index contributed by atoms with van der Waals surface area (Å²) in [6.45, 7) is 3.81. The number of nitrogens with zero attached hydrogens (tertiary/aromatic N) is 1. The number of rotatable bonds is 4. The van der Waals surface area contributed by atoms with Gasteiger partial charge in [-0.25, -0.2) is 4.98 Å². The number of thioether (sulfide) groups is 1. The second-order valence-corrected chi connectivity index (χ2v) is 5.63. The molecule has 0 aliphatic heterocycles. The third-order valence-electron chi connectivity index (χ3n) is 3.04. The van der Waals surface area contributed by atoms with Crippen molar-refractivity contribution >= 4 is 11.8 Å². The first-order valence-corrected chi connectivity index (χ1v) is 6.99. The molecular formula is C14H19NS. The maximum Gasteiger partial charge on any atom is 0.0997 e. The quantitative estimate of drug-likeness (QED) is 0.722. The van der Waals surface area contributed by atoms with E-state index in [-0.39, 0.29) is 0 Å². The molecule has 1 aromatic heterocycles. The van der Waals surface area contributed by atoms with E-state index in [2.05, 4.69) is 17.6 Å². The molecule has 16 heavy (non-hydrogen) atoms. The largest absolute Gasteiger partial charge is 0.250 e. The van der Waals surface area contributed by atoms with Crippen LogP contribution < -0.4 is 0 Å². The highest BCUT2D eigenvalue weighted by Gasteiger charge is 2.16. The summed E-state index contributed by atoms with van der Waals surface area (Å²) in [5.41, 5.74) is 1.33. The van der Waals surface area contributed by atoms with E-state index in [4.69, 9.17) is 0 Å². The first-order valence-electron chi connectivity index (χ1n) is 6.11. The Morgan fingerprint density at radius 3 is 2.94 bits per heavy atom. The van der Waals surface area contributed by atoms with Gasteiger partial charge in [0.1, 0.15) is 0 Å². The predicted molar refractivity (Wildman–Crippen MR) is 70.9 cm³/mol. The van der Waals surface area contributed by atoms with Crippen molar-refractivity contribution in [3.8, 4) is 0 Å². The number of hydrogen-bond acceptors (Lipinski definition) is 2. The molecule has 1 aromatic rings. The Hall–Kier alpha value is -0.760. The monoisotopic (exact) mass is 233 g/mol. The Kier molecular flexibility index (Phi) is 4.46. The normalized spacial score (nSPS) is 17.2. The maximum absolute atomic E-state index is 4.51. The van der Waals surface area contributed by atoms with Gasteiger partial charge in [0.25, 0.3) is 0 Å². The molecule has 0 spiro atoms. The third kappa shape index (κ3) is 3.11. The fourth-order valence-corrected chi connectivity index (χ4v) is 3.49. The molecule has 86 valence electrons. The molecule has 0 N–H and O–H groups in total. The molecule has 1 aliphatic carbocycles. The molecule has 1 heterocycles. The van der Waals surface area contributed by atoms with Gasteiger partial charge in [0.2, 0.25) is 0 Å². The second-order valence-electron chi connectivity index (χ2n) is 4.34. The van der Waals surface area contributed by atoms with Crippen LogP contribution in [0.5, 0.6) is 0 Å². The summed E-state index contributed by atoms with van der Waals surface area (Å²) in [6.07, 6.45) is 11.7. The van der Waals surface area contributed by atoms with Crippen molar-refractivity contribution in [2.24, 2.45) is 0 Å². The minimum atomic E-state index is 0.784. The van der Waals surface area contributed by atoms with Gasteiger partial charge in [0.15, 0.2) is 0 Å². The average Bonchev–Trinajstić information content (AvgIpc) is 2.33. The zero-order chi connectivity index (χ0) is 11.2. The zero-order valence-electron chi connectivity index (χ0n) is 9.69. The molecule has 0 radical (unpaired) electrons. The highest BCUT2D eigenvalue weighted by Crippen LogP contribution is 2.34. The van der Waals surface area contributed by atoms with Crippen LogP contribution in [0.3, 0.4) is 0 Å². The standard InChI is InChI=1S/C14H19NS/c1-2-7-12-8-6-11-15-14(12)16-13-9-4-3-5-10-13/h2,6,8,11,13H,1,3-5,7,9-10H2. The van der Waals surface area contributed by atoms with Gasteiger partial charge in [-0.3, -0.25) is 0 Å². The second kappa shape index (κ2) is 6.09. The predicted octanol–water partition coefficient (Wildman–Crippen LogP) is 4.23. The van der Waals surface area contributed by atoms with Crippen molar-refractivity contribution in [2.75, 3.05) is 0 Å². The van der Waals surface area contributed by atoms with Crippen LogP contribution in [0.4, 0.5) is 0 Å². The molecule has 0 atom stereocenters. The maximum atomic E-state index is 4.51. The Balaban J connectivity index is 2.04. The molecule has 1 saturated carbocycles. The summed E-state index contributed by atoms with van der Waals surface area (Å²) < 4.78 is 0. The van der Waals surface area contributed by atoms with Crippen molar-refractivity contribution in [1.29, 1.82) is 0 Å². The molecule has 1 fully saturated rings. The van der Waals surface area contributed by atoms with Gasteiger partial charge in [0, 0.05) is 11.4 Å². The molecule has 2 heteroatoms. The van der Waals surface area contributed by atoms with E-state index in [0.717, 1.165) is 11.7 Å². The van der Waals surface area contributed by atoms with Gasteiger partial charge in [0.05, 0.1) is 5.03 Å². The van der Waals surface area contributed by atoms with Gasteiger partial charge in [-0.15, -0.1) is 18.3 Å². The minimum absolute atomic E-state index is 0.784. The van der Waals surface area contributed by atoms with Crippen molar-refractivity contribution < 1.29 is 0 Å². The Bertz CT molecular complexity index is 342. The van der Waals surface area contributed by atoms with E-state index in [1.54, 1.807) is 0 Å². The van der Waals surface area contributed by atoms with Crippen LogP contribution in [-0.4, -0.2) is 10.2 Å². The first kappa shape index (κ1) is 11.7. The van der Waals surface area contributed by atoms with Gasteiger partial charge in [-0.1, -0.05) is 31.4 Å². The van der Waals surface area contributed by atoms with Gasteiger partial charge >= 0.3 is 0 Å². The van der Waals surface area contributed by atoms with E-state index in [1.807, 2.05) is 30.1 Å². The highest BCUT2D eigenvalue weighted by atomic mass is 32.2. The SMILES string of the molecule is C=CCc1cccnc1SC1CCCCC1. The van der Waals surface area contributed by atoms with Crippen LogP contribution in [0.2, 0.25) is 0 Å². The molecule has 0 bridgehead atoms. The third-order valence-corrected chi connectivity index (χ3v) is 4.44.